The van der Waals surface area contributed by atoms with Crippen LogP contribution < -0.4 is 21.9 Å². The topological polar surface area (TPSA) is 0 Å². The van der Waals surface area contributed by atoms with Gasteiger partial charge in [0, 0.05) is 0 Å². The molecule has 0 atom stereocenters. The van der Waals surface area contributed by atoms with Crippen molar-refractivity contribution in [3.05, 3.63) is 211 Å². The molecule has 10 rings (SSSR count). The fourth-order valence-electron chi connectivity index (χ4n) is 11.5. The highest BCUT2D eigenvalue weighted by atomic mass is 32.2. The molecule has 3 saturated carbocycles. The van der Waals surface area contributed by atoms with Gasteiger partial charge >= 0.3 is 0 Å². The van der Waals surface area contributed by atoms with Crippen LogP contribution >= 0.6 is 0 Å². The van der Waals surface area contributed by atoms with E-state index in [0.29, 0.717) is 0 Å². The largest absolute Gasteiger partial charge is 0.195 e. The Bertz CT molecular complexity index is 2050. The first-order valence-corrected chi connectivity index (χ1v) is 25.4. The smallest absolute Gasteiger partial charge is 0.166 e. The molecule has 0 saturated heterocycles. The van der Waals surface area contributed by atoms with Gasteiger partial charge in [-0.25, -0.2) is 0 Å². The Morgan fingerprint density at radius 1 is 0.258 bits per heavy atom. The maximum atomic E-state index is 2.46. The van der Waals surface area contributed by atoms with Crippen LogP contribution in [0.3, 0.4) is 0 Å². The molecule has 62 heavy (non-hydrogen) atoms. The molecule has 0 unspecified atom stereocenters. The first-order chi connectivity index (χ1) is 30.8. The maximum absolute atomic E-state index is 2.46. The van der Waals surface area contributed by atoms with Crippen molar-refractivity contribution in [2.24, 2.45) is 0 Å². The lowest BCUT2D eigenvalue weighted by Gasteiger charge is -2.44. The third-order valence-electron chi connectivity index (χ3n) is 14.8. The minimum Gasteiger partial charge on any atom is -0.195 e. The molecular formula is C60H65BS. The van der Waals surface area contributed by atoms with Crippen molar-refractivity contribution < 1.29 is 0 Å². The molecule has 3 aliphatic rings. The molecular weight excluding hydrogens is 764 g/mol. The van der Waals surface area contributed by atoms with Crippen molar-refractivity contribution in [1.29, 1.82) is 0 Å². The van der Waals surface area contributed by atoms with Crippen LogP contribution in [0.15, 0.2) is 209 Å². The van der Waals surface area contributed by atoms with Gasteiger partial charge in [0.2, 0.25) is 0 Å². The Balaban J connectivity index is 0.000000171. The Morgan fingerprint density at radius 3 is 0.710 bits per heavy atom. The molecule has 0 aliphatic heterocycles. The third-order valence-corrected chi connectivity index (χ3v) is 17.0. The van der Waals surface area contributed by atoms with Crippen molar-refractivity contribution >= 4 is 38.9 Å². The van der Waals surface area contributed by atoms with E-state index in [1.54, 1.807) is 16.7 Å². The number of benzene rings is 7. The average molecular weight is 829 g/mol. The maximum Gasteiger partial charge on any atom is 0.166 e. The molecule has 7 aromatic rings. The van der Waals surface area contributed by atoms with Crippen LogP contribution in [-0.2, 0) is 10.9 Å². The summed E-state index contributed by atoms with van der Waals surface area (Å²) in [5, 5.41) is 0. The second-order valence-electron chi connectivity index (χ2n) is 18.5. The van der Waals surface area contributed by atoms with E-state index in [2.05, 4.69) is 194 Å². The summed E-state index contributed by atoms with van der Waals surface area (Å²) in [7, 11) is -0.0542. The molecule has 0 nitrogen and oxygen atoms in total. The minimum atomic E-state index is -1.22. The number of hydrogen-bond acceptors (Lipinski definition) is 0. The van der Waals surface area contributed by atoms with Crippen LogP contribution in [0.1, 0.15) is 131 Å². The zero-order chi connectivity index (χ0) is 41.8. The molecule has 0 heterocycles. The van der Waals surface area contributed by atoms with Crippen molar-refractivity contribution in [2.75, 3.05) is 0 Å². The fraction of sp³-hybridized carbons (Fsp3) is 0.300. The van der Waals surface area contributed by atoms with Crippen molar-refractivity contribution in [1.82, 2.24) is 0 Å². The fourth-order valence-corrected chi connectivity index (χ4v) is 13.5. The first kappa shape index (κ1) is 42.3. The predicted molar refractivity (Wildman–Crippen MR) is 269 cm³/mol. The minimum absolute atomic E-state index is 0.0542. The van der Waals surface area contributed by atoms with E-state index in [1.807, 2.05) is 0 Å². The Morgan fingerprint density at radius 2 is 0.484 bits per heavy atom. The molecule has 0 amide bonds. The number of hydrogen-bond donors (Lipinski definition) is 0. The lowest BCUT2D eigenvalue weighted by atomic mass is 9.13. The van der Waals surface area contributed by atoms with E-state index in [0.717, 1.165) is 17.8 Å². The molecule has 3 aliphatic carbocycles. The molecule has 0 spiro atoms. The molecule has 3 fully saturated rings. The molecule has 0 radical (unpaired) electrons. The van der Waals surface area contributed by atoms with Gasteiger partial charge in [-0.2, -0.15) is 21.9 Å². The highest BCUT2D eigenvalue weighted by molar-refractivity contribution is 7.97. The van der Waals surface area contributed by atoms with E-state index in [-0.39, 0.29) is 10.9 Å². The molecule has 314 valence electrons. The van der Waals surface area contributed by atoms with Gasteiger partial charge in [0.05, 0.1) is 10.9 Å². The van der Waals surface area contributed by atoms with Crippen LogP contribution in [0.25, 0.3) is 0 Å². The van der Waals surface area contributed by atoms with E-state index < -0.39 is 6.15 Å². The zero-order valence-electron chi connectivity index (χ0n) is 36.8. The van der Waals surface area contributed by atoms with Crippen molar-refractivity contribution in [2.45, 2.75) is 129 Å². The second-order valence-corrected chi connectivity index (χ2v) is 20.6. The highest BCUT2D eigenvalue weighted by Gasteiger charge is 2.32. The Labute approximate surface area is 376 Å². The lowest BCUT2D eigenvalue weighted by molar-refractivity contribution is 0.443. The van der Waals surface area contributed by atoms with Gasteiger partial charge in [-0.3, -0.25) is 0 Å². The van der Waals surface area contributed by atoms with E-state index in [4.69, 9.17) is 0 Å². The molecule has 0 N–H and O–H groups in total. The van der Waals surface area contributed by atoms with Gasteiger partial charge in [-0.05, 0) is 109 Å². The molecule has 0 aromatic heterocycles. The second kappa shape index (κ2) is 20.9. The van der Waals surface area contributed by atoms with E-state index in [1.165, 1.54) is 133 Å². The van der Waals surface area contributed by atoms with Crippen molar-refractivity contribution in [3.8, 4) is 0 Å². The van der Waals surface area contributed by atoms with E-state index in [9.17, 15) is 0 Å². The van der Waals surface area contributed by atoms with Gasteiger partial charge in [0.15, 0.2) is 14.7 Å². The summed E-state index contributed by atoms with van der Waals surface area (Å²) in [5.41, 5.74) is 10.0. The van der Waals surface area contributed by atoms with Gasteiger partial charge in [0.25, 0.3) is 0 Å². The lowest BCUT2D eigenvalue weighted by Crippen LogP contribution is -2.74. The van der Waals surface area contributed by atoms with E-state index >= 15 is 0 Å². The molecule has 7 aromatic carbocycles. The summed E-state index contributed by atoms with van der Waals surface area (Å²) < 4.78 is 0. The summed E-state index contributed by atoms with van der Waals surface area (Å²) in [6, 6.07) is 73.0. The van der Waals surface area contributed by atoms with Crippen LogP contribution in [-0.4, -0.2) is 6.15 Å². The number of rotatable bonds is 10. The highest BCUT2D eigenvalue weighted by Crippen LogP contribution is 2.39. The Kier molecular flexibility index (Phi) is 14.2. The predicted octanol–water partition coefficient (Wildman–Crippen LogP) is 14.0. The summed E-state index contributed by atoms with van der Waals surface area (Å²) in [6.45, 7) is 0. The standard InChI is InChI=1S/C36H45S.C24H20B/c1-4-10-28(11-5-1)31-16-22-34(23-17-31)37(35-24-18-32(19-25-35)29-12-6-2-7-13-29)36-26-20-33(21-27-36)30-14-8-3-9-15-30;1-5-13-21(14-6-1)25(22-15-7-2-8-16-22,23-17-9-3-10-18-23)24-19-11-4-12-20-24/h16-30H,1-15H2;1-20H/q+1;-1. The van der Waals surface area contributed by atoms with Crippen LogP contribution in [0, 0.1) is 0 Å². The monoisotopic (exact) mass is 828 g/mol. The molecule has 0 bridgehead atoms. The van der Waals surface area contributed by atoms with Crippen LogP contribution in [0.5, 0.6) is 0 Å². The average Bonchev–Trinajstić information content (AvgIpc) is 3.37. The van der Waals surface area contributed by atoms with Gasteiger partial charge in [-0.15, -0.1) is 0 Å². The van der Waals surface area contributed by atoms with Crippen LogP contribution in [0.4, 0.5) is 0 Å². The Hall–Kier alpha value is -5.05. The summed E-state index contributed by atoms with van der Waals surface area (Å²) in [4.78, 5) is 4.40. The summed E-state index contributed by atoms with van der Waals surface area (Å²) in [6.07, 6.45) is 19.7. The van der Waals surface area contributed by atoms with Gasteiger partial charge in [-0.1, -0.05) is 216 Å². The zero-order valence-corrected chi connectivity index (χ0v) is 37.6. The first-order valence-electron chi connectivity index (χ1n) is 24.2. The quantitative estimate of drug-likeness (QED) is 0.0952. The molecule has 2 heteroatoms. The van der Waals surface area contributed by atoms with Gasteiger partial charge < -0.3 is 0 Å². The van der Waals surface area contributed by atoms with Crippen molar-refractivity contribution in [3.63, 3.8) is 0 Å². The SMILES string of the molecule is c1cc([S+](c2ccc(C3CCCCC3)cc2)c2ccc(C3CCCCC3)cc2)ccc1C1CCCCC1.c1ccc([B-](c2ccccc2)(c2ccccc2)c2ccccc2)cc1. The van der Waals surface area contributed by atoms with Gasteiger partial charge in [0.1, 0.15) is 6.15 Å². The third kappa shape index (κ3) is 9.62. The van der Waals surface area contributed by atoms with Crippen LogP contribution in [0.2, 0.25) is 0 Å². The summed E-state index contributed by atoms with van der Waals surface area (Å²) >= 11 is 0. The normalized spacial score (nSPS) is 16.7. The summed E-state index contributed by atoms with van der Waals surface area (Å²) in [5.74, 6) is 2.32.